The van der Waals surface area contributed by atoms with Crippen LogP contribution in [0.2, 0.25) is 0 Å². The van der Waals surface area contributed by atoms with E-state index < -0.39 is 55.2 Å². The van der Waals surface area contributed by atoms with E-state index in [0.717, 1.165) is 77.7 Å². The minimum absolute atomic E-state index is 0. The SMILES string of the molecule is C.C.C.CCOC(=O)CN=C=O.CCOC(=O)CNC(=O)C(C#N)c1nc2ccc(-c3ccc(C(=O)N4CCOCC4)cc3)cc2s1.N#CC(C(=O)NCC(=O)O)c1nc2ccc(-c3ccc(C(=O)N4CCOCC4)cc3)cc2s1.N#CCc1nc2ccc(-c3ccc(C(=O)N4CCOCC4)cc3)cc2s1.N#CCc1nc2ccc(Br)cc2s1.O=C(c1ccc(B(O)O)cc1)N1CCOCC1. The summed E-state index contributed by atoms with van der Waals surface area (Å²) in [6.07, 6.45) is 1.97. The highest BCUT2D eigenvalue weighted by atomic mass is 79.9. The molecule has 4 aromatic heterocycles. The molecule has 16 rings (SSSR count). The summed E-state index contributed by atoms with van der Waals surface area (Å²) < 4.78 is 35.2. The number of amides is 6. The number of fused-ring (bicyclic) bond motifs is 4. The Hall–Kier alpha value is -13.8. The molecule has 5 N–H and O–H groups in total. The van der Waals surface area contributed by atoms with Gasteiger partial charge in [0.1, 0.15) is 39.7 Å². The summed E-state index contributed by atoms with van der Waals surface area (Å²) in [6, 6.07) is 60.2. The first-order valence-corrected chi connectivity index (χ1v) is 45.7. The predicted molar refractivity (Wildman–Crippen MR) is 521 cm³/mol. The van der Waals surface area contributed by atoms with Crippen molar-refractivity contribution in [3.05, 3.63) is 217 Å². The standard InChI is InChI=1S/C25H24N4O5S.C23H20N4O5S.C20H17N3O2S.C11H14BNO4.C9H5BrN2S.C5H7NO3.3CH4/c1-2-34-22(30)15-27-23(31)19(14-26)24-28-20-8-7-18(13-21(20)35-24)16-3-5-17(6-4-16)25(32)29-9-11-33-12-10-29;24-12-17(21(30)25-13-20(28)29)22-26-18-6-5-16(11-19(18)33-22)14-1-3-15(4-2-14)23(31)27-7-9-32-10-8-27;21-8-7-19-22-17-6-5-16(13-18(17)26-19)14-1-3-15(4-2-14)20(24)23-9-11-25-12-10-23;14-11(13-5-7-17-8-6-13)9-1-3-10(4-2-9)12(15)16;10-6-1-2-7-8(5-6)13-9(12-7)3-4-11;1-2-9-5(8)3-6-4-7;;;/h3-8,13,19H,2,9-12,15H2,1H3,(H,27,31);1-6,11,17H,7-10,13H2,(H,25,30)(H,28,29);1-6,13H,7,9-12H2;1-4,15-16H,5-8H2;1-2,5H,3H2;2-3H2,1H3;3*1H4. The second-order valence-corrected chi connectivity index (χ2v) is 34.2. The summed E-state index contributed by atoms with van der Waals surface area (Å²) >= 11 is 8.99. The maximum atomic E-state index is 12.7. The molecule has 0 radical (unpaired) electrons. The Morgan fingerprint density at radius 1 is 0.441 bits per heavy atom. The van der Waals surface area contributed by atoms with Gasteiger partial charge in [-0.1, -0.05) is 105 Å². The largest absolute Gasteiger partial charge is 0.488 e. The van der Waals surface area contributed by atoms with Crippen molar-refractivity contribution in [3.8, 4) is 57.7 Å². The monoisotopic (exact) mass is 1980 g/mol. The smallest absolute Gasteiger partial charge is 0.480 e. The van der Waals surface area contributed by atoms with Gasteiger partial charge in [0, 0.05) is 79.1 Å². The van der Waals surface area contributed by atoms with Gasteiger partial charge in [-0.15, -0.1) is 45.3 Å². The van der Waals surface area contributed by atoms with E-state index in [1.54, 1.807) is 93.7 Å². The Bertz CT molecular complexity index is 6340. The van der Waals surface area contributed by atoms with Crippen LogP contribution in [0.5, 0.6) is 0 Å². The topological polar surface area (TPSA) is 483 Å². The van der Waals surface area contributed by atoms with Crippen LogP contribution in [0.4, 0.5) is 0 Å². The minimum Gasteiger partial charge on any atom is -0.480 e. The summed E-state index contributed by atoms with van der Waals surface area (Å²) in [5.41, 5.74) is 11.9. The maximum Gasteiger partial charge on any atom is 0.488 e. The van der Waals surface area contributed by atoms with E-state index in [0.29, 0.717) is 173 Å². The average molecular weight is 1990 g/mol. The van der Waals surface area contributed by atoms with Crippen molar-refractivity contribution in [2.75, 3.05) is 138 Å². The Balaban J connectivity index is 0.000000209. The number of hydrogen-bond donors (Lipinski definition) is 5. The summed E-state index contributed by atoms with van der Waals surface area (Å²) in [4.78, 5) is 144. The molecule has 6 amide bonds. The molecule has 40 heteroatoms. The van der Waals surface area contributed by atoms with Gasteiger partial charge < -0.3 is 73.8 Å². The Morgan fingerprint density at radius 2 is 0.750 bits per heavy atom. The molecule has 2 atom stereocenters. The van der Waals surface area contributed by atoms with Gasteiger partial charge in [0.2, 0.25) is 17.9 Å². The van der Waals surface area contributed by atoms with Crippen molar-refractivity contribution in [1.29, 1.82) is 21.0 Å². The van der Waals surface area contributed by atoms with Crippen molar-refractivity contribution < 1.29 is 91.5 Å². The van der Waals surface area contributed by atoms with E-state index in [-0.39, 0.29) is 65.6 Å². The fourth-order valence-electron chi connectivity index (χ4n) is 13.4. The molecule has 4 fully saturated rings. The van der Waals surface area contributed by atoms with Crippen molar-refractivity contribution in [3.63, 3.8) is 0 Å². The number of carbonyl (C=O) groups is 9. The second-order valence-electron chi connectivity index (χ2n) is 29.0. The summed E-state index contributed by atoms with van der Waals surface area (Å²) in [5.74, 6) is -5.88. The summed E-state index contributed by atoms with van der Waals surface area (Å²) in [5, 5.41) is 69.9. The van der Waals surface area contributed by atoms with Gasteiger partial charge in [-0.3, -0.25) is 43.2 Å². The van der Waals surface area contributed by atoms with Crippen LogP contribution in [-0.2, 0) is 70.0 Å². The first kappa shape index (κ1) is 108. The highest BCUT2D eigenvalue weighted by Gasteiger charge is 2.29. The lowest BCUT2D eigenvalue weighted by Gasteiger charge is -2.26. The number of isocyanates is 1. The molecule has 0 aliphatic carbocycles. The molecule has 12 aromatic rings. The lowest BCUT2D eigenvalue weighted by atomic mass is 9.80. The van der Waals surface area contributed by atoms with E-state index in [9.17, 15) is 58.5 Å². The van der Waals surface area contributed by atoms with Crippen LogP contribution < -0.4 is 16.1 Å². The van der Waals surface area contributed by atoms with Gasteiger partial charge in [-0.05, 0) is 156 Å². The number of aliphatic imine (C=N–C) groups is 1. The van der Waals surface area contributed by atoms with E-state index in [2.05, 4.69) is 74.4 Å². The predicted octanol–water partition coefficient (Wildman–Crippen LogP) is 12.2. The van der Waals surface area contributed by atoms with Crippen LogP contribution in [-0.4, -0.2) is 259 Å². The molecule has 4 aliphatic rings. The molecule has 706 valence electrons. The number of nitrogens with zero attached hydrogens (tertiary/aromatic N) is 13. The third-order valence-electron chi connectivity index (χ3n) is 20.1. The number of aliphatic carboxylic acids is 1. The van der Waals surface area contributed by atoms with Crippen LogP contribution in [0.15, 0.2) is 179 Å². The lowest BCUT2D eigenvalue weighted by molar-refractivity contribution is -0.143. The highest BCUT2D eigenvalue weighted by molar-refractivity contribution is 9.10. The fraction of sp³-hybridized carbons (Fsp3) is 0.312. The Kier molecular flexibility index (Phi) is 43.1. The van der Waals surface area contributed by atoms with E-state index in [1.165, 1.54) is 28.8 Å². The van der Waals surface area contributed by atoms with Gasteiger partial charge in [0.25, 0.3) is 23.6 Å². The molecule has 34 nitrogen and oxygen atoms in total. The summed E-state index contributed by atoms with van der Waals surface area (Å²) in [6.45, 7) is 12.2. The molecule has 8 aromatic carbocycles. The Labute approximate surface area is 809 Å². The molecular formula is C96H99BBrN15O19S4. The fourth-order valence-corrected chi connectivity index (χ4v) is 17.9. The maximum absolute atomic E-state index is 12.7. The van der Waals surface area contributed by atoms with Crippen LogP contribution in [0.3, 0.4) is 0 Å². The van der Waals surface area contributed by atoms with Crippen LogP contribution in [0.1, 0.15) is 109 Å². The molecule has 8 heterocycles. The van der Waals surface area contributed by atoms with Crippen molar-refractivity contribution in [1.82, 2.24) is 50.2 Å². The zero-order valence-electron chi connectivity index (χ0n) is 71.9. The number of rotatable bonds is 22. The number of halogens is 1. The van der Waals surface area contributed by atoms with Gasteiger partial charge in [-0.2, -0.15) is 26.0 Å². The molecule has 0 spiro atoms. The number of thiazole rings is 4. The number of carbonyl (C=O) groups excluding carboxylic acids is 9. The van der Waals surface area contributed by atoms with Crippen molar-refractivity contribution >= 4 is 174 Å². The number of carboxylic acids is 1. The quantitative estimate of drug-likeness (QED) is 0.0182. The number of hydrogen-bond acceptors (Lipinski definition) is 31. The van der Waals surface area contributed by atoms with Crippen LogP contribution >= 0.6 is 61.3 Å². The van der Waals surface area contributed by atoms with Crippen molar-refractivity contribution in [2.45, 2.75) is 60.8 Å². The third kappa shape index (κ3) is 30.6. The van der Waals surface area contributed by atoms with E-state index >= 15 is 0 Å². The minimum atomic E-state index is -1.50. The molecule has 2 unspecified atom stereocenters. The van der Waals surface area contributed by atoms with Crippen molar-refractivity contribution in [2.24, 2.45) is 4.99 Å². The van der Waals surface area contributed by atoms with E-state index in [4.69, 9.17) is 49.4 Å². The third-order valence-corrected chi connectivity index (χ3v) is 24.8. The molecule has 4 saturated heterocycles. The lowest BCUT2D eigenvalue weighted by Crippen LogP contribution is -2.40. The zero-order valence-corrected chi connectivity index (χ0v) is 76.7. The molecule has 4 aliphatic heterocycles. The second kappa shape index (κ2) is 54.5. The van der Waals surface area contributed by atoms with Crippen LogP contribution in [0.25, 0.3) is 74.2 Å². The van der Waals surface area contributed by atoms with Gasteiger partial charge in [0.15, 0.2) is 11.8 Å². The number of ether oxygens (including phenoxy) is 6. The Morgan fingerprint density at radius 3 is 1.07 bits per heavy atom. The molecular weight excluding hydrogens is 1890 g/mol. The highest BCUT2D eigenvalue weighted by Crippen LogP contribution is 2.36. The van der Waals surface area contributed by atoms with E-state index in [1.807, 2.05) is 138 Å². The van der Waals surface area contributed by atoms with Crippen LogP contribution in [0, 0.1) is 45.3 Å². The summed E-state index contributed by atoms with van der Waals surface area (Å²) in [7, 11) is -1.50. The molecule has 136 heavy (non-hydrogen) atoms. The van der Waals surface area contributed by atoms with Gasteiger partial charge >= 0.3 is 25.0 Å². The number of esters is 2. The molecule has 0 saturated carbocycles. The number of nitrogens with one attached hydrogen (secondary N) is 2. The van der Waals surface area contributed by atoms with Gasteiger partial charge in [-0.25, -0.2) is 24.7 Å². The number of carboxylic acid groups (broad SMARTS) is 1. The number of aromatic nitrogens is 4. The molecule has 0 bridgehead atoms. The van der Waals surface area contributed by atoms with Gasteiger partial charge in [0.05, 0.1) is 144 Å². The number of morpholine rings is 4. The number of nitriles is 4. The average Bonchev–Trinajstić information content (AvgIpc) is 1.64. The normalized spacial score (nSPS) is 13.4. The first-order valence-electron chi connectivity index (χ1n) is 41.7. The number of benzene rings is 8. The zero-order chi connectivity index (χ0) is 94.7. The first-order chi connectivity index (χ1) is 64.5.